The molecule has 4 aliphatic rings. The monoisotopic (exact) mass is 674 g/mol. The second kappa shape index (κ2) is 16.4. The average Bonchev–Trinajstić information content (AvgIpc) is 3.77. The minimum atomic E-state index is -3.51. The van der Waals surface area contributed by atoms with Crippen LogP contribution in [0.5, 0.6) is 0 Å². The maximum Gasteiger partial charge on any atom is 0.178 e. The van der Waals surface area contributed by atoms with Crippen LogP contribution in [0.4, 0.5) is 0 Å². The lowest BCUT2D eigenvalue weighted by atomic mass is 9.81. The van der Waals surface area contributed by atoms with Crippen LogP contribution in [0.1, 0.15) is 98.0 Å². The number of carbonyl (C=O) groups is 1. The van der Waals surface area contributed by atoms with Crippen molar-refractivity contribution in [1.29, 1.82) is 0 Å². The van der Waals surface area contributed by atoms with Crippen molar-refractivity contribution in [2.45, 2.75) is 147 Å². The van der Waals surface area contributed by atoms with Gasteiger partial charge in [0.1, 0.15) is 6.10 Å². The van der Waals surface area contributed by atoms with E-state index >= 15 is 0 Å². The topological polar surface area (TPSA) is 97.4 Å². The summed E-state index contributed by atoms with van der Waals surface area (Å²) in [6.45, 7) is 16.5. The number of ether oxygens (including phenoxy) is 5. The van der Waals surface area contributed by atoms with Gasteiger partial charge in [-0.05, 0) is 79.5 Å². The molecule has 4 fully saturated rings. The van der Waals surface area contributed by atoms with E-state index in [9.17, 15) is 13.2 Å². The van der Waals surface area contributed by atoms with E-state index in [1.54, 1.807) is 12.1 Å². The summed E-state index contributed by atoms with van der Waals surface area (Å²) >= 11 is 0. The van der Waals surface area contributed by atoms with Crippen LogP contribution in [0.25, 0.3) is 0 Å². The van der Waals surface area contributed by atoms with Gasteiger partial charge in [-0.3, -0.25) is 4.79 Å². The molecule has 0 saturated carbocycles. The molecule has 0 spiro atoms. The molecule has 0 aromatic heterocycles. The molecule has 4 heterocycles. The number of hydrogen-bond acceptors (Lipinski definition) is 8. The molecule has 47 heavy (non-hydrogen) atoms. The van der Waals surface area contributed by atoms with Crippen molar-refractivity contribution in [2.24, 2.45) is 23.7 Å². The van der Waals surface area contributed by atoms with Crippen LogP contribution in [-0.2, 0) is 44.7 Å². The summed E-state index contributed by atoms with van der Waals surface area (Å²) < 4.78 is 58.2. The Balaban J connectivity index is 1.22. The molecule has 4 aliphatic heterocycles. The highest BCUT2D eigenvalue weighted by Crippen LogP contribution is 2.42. The SMILES string of the molecule is C=C1[C@@H](C)C[C@H](CC[C@@H]2O[C@@H](CCC3OCCO3)CC2=O)O[C@@H]1C[C@@H]1O[C@H](C[C@H](C)CC)[C@H](C)[C@H]1CS(=O)(=O)c1ccc(CC)cc1. The maximum absolute atomic E-state index is 13.7. The van der Waals surface area contributed by atoms with Gasteiger partial charge in [0.2, 0.25) is 0 Å². The number of ketones is 1. The first-order valence-corrected chi connectivity index (χ1v) is 19.8. The second-order valence-corrected chi connectivity index (χ2v) is 16.7. The number of sulfone groups is 1. The molecule has 10 atom stereocenters. The first kappa shape index (κ1) is 36.7. The maximum atomic E-state index is 13.7. The third kappa shape index (κ3) is 9.34. The number of benzene rings is 1. The quantitative estimate of drug-likeness (QED) is 0.186. The van der Waals surface area contributed by atoms with E-state index in [4.69, 9.17) is 23.7 Å². The molecule has 0 unspecified atom stereocenters. The lowest BCUT2D eigenvalue weighted by Gasteiger charge is -2.38. The first-order valence-electron chi connectivity index (χ1n) is 18.2. The molecule has 1 aromatic carbocycles. The van der Waals surface area contributed by atoms with Gasteiger partial charge < -0.3 is 23.7 Å². The van der Waals surface area contributed by atoms with E-state index in [-0.39, 0.29) is 66.1 Å². The summed E-state index contributed by atoms with van der Waals surface area (Å²) in [6, 6.07) is 7.32. The van der Waals surface area contributed by atoms with Gasteiger partial charge in [0, 0.05) is 25.2 Å². The van der Waals surface area contributed by atoms with Crippen molar-refractivity contribution >= 4 is 15.6 Å². The molecule has 0 N–H and O–H groups in total. The van der Waals surface area contributed by atoms with Gasteiger partial charge in [-0.15, -0.1) is 0 Å². The highest BCUT2D eigenvalue weighted by molar-refractivity contribution is 7.91. The number of carbonyl (C=O) groups excluding carboxylic acids is 1. The normalized spacial score (nSPS) is 34.4. The van der Waals surface area contributed by atoms with Crippen molar-refractivity contribution < 1.29 is 36.9 Å². The highest BCUT2D eigenvalue weighted by Gasteiger charge is 2.46. The zero-order valence-corrected chi connectivity index (χ0v) is 30.1. The summed E-state index contributed by atoms with van der Waals surface area (Å²) in [5, 5.41) is 0. The summed E-state index contributed by atoms with van der Waals surface area (Å²) in [6.07, 6.45) is 6.44. The Morgan fingerprint density at radius 1 is 0.894 bits per heavy atom. The Morgan fingerprint density at radius 2 is 1.57 bits per heavy atom. The number of Topliss-reactive ketones (excluding diaryl/α,β-unsaturated/α-hetero) is 1. The highest BCUT2D eigenvalue weighted by atomic mass is 32.2. The van der Waals surface area contributed by atoms with Crippen LogP contribution >= 0.6 is 0 Å². The fourth-order valence-electron chi connectivity index (χ4n) is 7.86. The molecule has 0 amide bonds. The summed E-state index contributed by atoms with van der Waals surface area (Å²) in [5.41, 5.74) is 2.17. The zero-order valence-electron chi connectivity index (χ0n) is 29.2. The van der Waals surface area contributed by atoms with Gasteiger partial charge >= 0.3 is 0 Å². The number of hydrogen-bond donors (Lipinski definition) is 0. The Kier molecular flexibility index (Phi) is 12.8. The lowest BCUT2D eigenvalue weighted by molar-refractivity contribution is -0.123. The van der Waals surface area contributed by atoms with Gasteiger partial charge in [-0.2, -0.15) is 0 Å². The Bertz CT molecular complexity index is 1290. The van der Waals surface area contributed by atoms with Crippen LogP contribution in [0.3, 0.4) is 0 Å². The van der Waals surface area contributed by atoms with E-state index in [0.717, 1.165) is 56.1 Å². The van der Waals surface area contributed by atoms with Gasteiger partial charge in [-0.1, -0.05) is 59.8 Å². The summed E-state index contributed by atoms with van der Waals surface area (Å²) in [5.74, 6) is 0.937. The lowest BCUT2D eigenvalue weighted by Crippen LogP contribution is -2.39. The van der Waals surface area contributed by atoms with E-state index in [1.165, 1.54) is 0 Å². The predicted molar refractivity (Wildman–Crippen MR) is 182 cm³/mol. The first-order chi connectivity index (χ1) is 22.5. The average molecular weight is 675 g/mol. The minimum absolute atomic E-state index is 0.00737. The molecular weight excluding hydrogens is 616 g/mol. The van der Waals surface area contributed by atoms with Crippen LogP contribution in [0, 0.1) is 23.7 Å². The standard InChI is InChI=1S/C38H58O8S/c1-7-24(3)19-35-27(6)32(23-47(40,41)31-13-9-28(8-2)10-14-31)37(46-35)22-36-26(5)25(4)20-29(45-36)11-15-34-33(39)21-30(44-34)12-16-38-42-17-18-43-38/h9-10,13-14,24-25,27,29-30,32,34-38H,5,7-8,11-12,15-23H2,1-4,6H3/t24-,25+,27-,29+,30+,32-,34+,35-,36-,37+/m1/s1. The van der Waals surface area contributed by atoms with Gasteiger partial charge in [0.25, 0.3) is 0 Å². The Hall–Kier alpha value is -1.62. The van der Waals surface area contributed by atoms with Crippen LogP contribution in [0.15, 0.2) is 41.3 Å². The minimum Gasteiger partial charge on any atom is -0.374 e. The van der Waals surface area contributed by atoms with E-state index in [2.05, 4.69) is 41.2 Å². The zero-order chi connectivity index (χ0) is 33.7. The number of aryl methyl sites for hydroxylation is 1. The molecule has 0 aliphatic carbocycles. The van der Waals surface area contributed by atoms with Crippen LogP contribution in [0.2, 0.25) is 0 Å². The number of rotatable bonds is 15. The predicted octanol–water partition coefficient (Wildman–Crippen LogP) is 6.88. The fraction of sp³-hybridized carbons (Fsp3) is 0.763. The van der Waals surface area contributed by atoms with Crippen molar-refractivity contribution in [2.75, 3.05) is 19.0 Å². The third-order valence-corrected chi connectivity index (χ3v) is 13.1. The smallest absolute Gasteiger partial charge is 0.178 e. The Morgan fingerprint density at radius 3 is 2.26 bits per heavy atom. The molecule has 9 heteroatoms. The van der Waals surface area contributed by atoms with Crippen molar-refractivity contribution in [3.8, 4) is 0 Å². The third-order valence-electron chi connectivity index (χ3n) is 11.3. The van der Waals surface area contributed by atoms with Crippen molar-refractivity contribution in [1.82, 2.24) is 0 Å². The summed E-state index contributed by atoms with van der Waals surface area (Å²) in [7, 11) is -3.51. The molecule has 264 valence electrons. The molecule has 1 aromatic rings. The second-order valence-electron chi connectivity index (χ2n) is 14.7. The van der Waals surface area contributed by atoms with E-state index in [1.807, 2.05) is 12.1 Å². The molecular formula is C38H58O8S. The fourth-order valence-corrected chi connectivity index (χ4v) is 9.62. The molecule has 5 rings (SSSR count). The van der Waals surface area contributed by atoms with Crippen molar-refractivity contribution in [3.63, 3.8) is 0 Å². The largest absolute Gasteiger partial charge is 0.374 e. The van der Waals surface area contributed by atoms with Crippen molar-refractivity contribution in [3.05, 3.63) is 42.0 Å². The van der Waals surface area contributed by atoms with Gasteiger partial charge in [0.05, 0.1) is 54.4 Å². The Labute approximate surface area is 283 Å². The van der Waals surface area contributed by atoms with Crippen LogP contribution < -0.4 is 0 Å². The molecule has 0 radical (unpaired) electrons. The molecule has 8 nitrogen and oxygen atoms in total. The van der Waals surface area contributed by atoms with Gasteiger partial charge in [0.15, 0.2) is 21.9 Å². The molecule has 0 bridgehead atoms. The van der Waals surface area contributed by atoms with Crippen LogP contribution in [-0.4, -0.2) is 76.1 Å². The van der Waals surface area contributed by atoms with E-state index in [0.29, 0.717) is 43.3 Å². The summed E-state index contributed by atoms with van der Waals surface area (Å²) in [4.78, 5) is 13.2. The van der Waals surface area contributed by atoms with E-state index < -0.39 is 15.9 Å². The van der Waals surface area contributed by atoms with Gasteiger partial charge in [-0.25, -0.2) is 8.42 Å². The molecule has 4 saturated heterocycles.